The summed E-state index contributed by atoms with van der Waals surface area (Å²) >= 11 is 0. The Morgan fingerprint density at radius 1 is 0.418 bits per heavy atom. The zero-order valence-corrected chi connectivity index (χ0v) is 32.7. The molecular weight excluding hydrogens is 672 g/mol. The molecular formula is C52H47FN2. The number of nitrogens with zero attached hydrogens (tertiary/aromatic N) is 2. The van der Waals surface area contributed by atoms with Gasteiger partial charge in [0.25, 0.3) is 0 Å². The molecule has 55 heavy (non-hydrogen) atoms. The van der Waals surface area contributed by atoms with Gasteiger partial charge < -0.3 is 9.80 Å². The van der Waals surface area contributed by atoms with Crippen molar-refractivity contribution in [1.29, 1.82) is 0 Å². The summed E-state index contributed by atoms with van der Waals surface area (Å²) in [5, 5.41) is 0. The summed E-state index contributed by atoms with van der Waals surface area (Å²) in [6.45, 7) is 16.1. The average molecular weight is 724 g/mol. The van der Waals surface area contributed by atoms with Crippen molar-refractivity contribution in [2.45, 2.75) is 66.2 Å². The highest BCUT2D eigenvalue weighted by atomic mass is 19.1. The summed E-state index contributed by atoms with van der Waals surface area (Å²) < 4.78 is 65.9. The van der Waals surface area contributed by atoms with Crippen LogP contribution in [-0.4, -0.2) is 0 Å². The van der Waals surface area contributed by atoms with E-state index in [1.54, 1.807) is 0 Å². The molecule has 0 N–H and O–H groups in total. The molecule has 0 radical (unpaired) electrons. The van der Waals surface area contributed by atoms with E-state index in [2.05, 4.69) is 0 Å². The zero-order valence-electron chi connectivity index (χ0n) is 37.7. The van der Waals surface area contributed by atoms with E-state index in [0.717, 1.165) is 61.7 Å². The van der Waals surface area contributed by atoms with E-state index in [1.165, 1.54) is 0 Å². The van der Waals surface area contributed by atoms with Gasteiger partial charge in [0.1, 0.15) is 5.82 Å². The van der Waals surface area contributed by atoms with Crippen LogP contribution in [0.25, 0.3) is 22.3 Å². The van der Waals surface area contributed by atoms with Crippen LogP contribution >= 0.6 is 0 Å². The molecule has 2 aliphatic carbocycles. The lowest BCUT2D eigenvalue weighted by molar-refractivity contribution is 0.620. The number of rotatable bonds is 6. The number of anilines is 6. The van der Waals surface area contributed by atoms with Gasteiger partial charge in [-0.15, -0.1) is 0 Å². The highest BCUT2D eigenvalue weighted by Crippen LogP contribution is 2.58. The van der Waals surface area contributed by atoms with Crippen LogP contribution in [0.4, 0.5) is 38.5 Å². The van der Waals surface area contributed by atoms with Crippen molar-refractivity contribution in [3.63, 3.8) is 0 Å². The summed E-state index contributed by atoms with van der Waals surface area (Å²) in [6.07, 6.45) is 0. The molecule has 0 bridgehead atoms. The summed E-state index contributed by atoms with van der Waals surface area (Å²) in [6, 6.07) is 35.5. The predicted molar refractivity (Wildman–Crippen MR) is 230 cm³/mol. The van der Waals surface area contributed by atoms with Crippen molar-refractivity contribution in [2.75, 3.05) is 9.80 Å². The second kappa shape index (κ2) is 12.6. The van der Waals surface area contributed by atoms with Crippen LogP contribution in [0.15, 0.2) is 139 Å². The first-order valence-electron chi connectivity index (χ1n) is 21.5. The van der Waals surface area contributed by atoms with Crippen molar-refractivity contribution in [3.05, 3.63) is 190 Å². The van der Waals surface area contributed by atoms with Gasteiger partial charge in [0.05, 0.1) is 6.85 Å². The van der Waals surface area contributed by atoms with Crippen LogP contribution in [0.3, 0.4) is 0 Å². The molecule has 3 heteroatoms. The highest BCUT2D eigenvalue weighted by Gasteiger charge is 2.43. The van der Waals surface area contributed by atoms with E-state index < -0.39 is 16.6 Å². The number of fused-ring (bicyclic) bond motifs is 6. The minimum absolute atomic E-state index is 0.0234. The molecule has 0 saturated heterocycles. The van der Waals surface area contributed by atoms with Gasteiger partial charge >= 0.3 is 0 Å². The SMILES string of the molecule is [2H]c1c([2H])c(N(c2ccc(C)cc2)c2ccc(C)cc2)c([2H])c2c1-c1cc3c(cc1C2(C)C)-c1c(F)c([2H])c(N(c2ccc(C)cc2)c2ccc(C)cc2)c([2H])c1C3(C)C. The van der Waals surface area contributed by atoms with E-state index >= 15 is 4.39 Å². The third-order valence-corrected chi connectivity index (χ3v) is 11.6. The fraction of sp³-hybridized carbons (Fsp3) is 0.192. The van der Waals surface area contributed by atoms with E-state index in [1.807, 2.05) is 174 Å². The fourth-order valence-corrected chi connectivity index (χ4v) is 8.41. The maximum atomic E-state index is 17.4. The molecule has 0 fully saturated rings. The van der Waals surface area contributed by atoms with Gasteiger partial charge in [-0.1, -0.05) is 105 Å². The molecule has 0 unspecified atom stereocenters. The third kappa shape index (κ3) is 5.59. The van der Waals surface area contributed by atoms with Crippen molar-refractivity contribution >= 4 is 34.1 Å². The Hall–Kier alpha value is -5.93. The number of benzene rings is 7. The Balaban J connectivity index is 1.25. The molecule has 0 atom stereocenters. The Morgan fingerprint density at radius 2 is 0.800 bits per heavy atom. The number of aryl methyl sites for hydroxylation is 4. The largest absolute Gasteiger partial charge is 0.310 e. The van der Waals surface area contributed by atoms with E-state index in [0.29, 0.717) is 27.9 Å². The van der Waals surface area contributed by atoms with Crippen molar-refractivity contribution in [1.82, 2.24) is 0 Å². The van der Waals surface area contributed by atoms with E-state index in [4.69, 9.17) is 0 Å². The molecule has 0 amide bonds. The van der Waals surface area contributed by atoms with Gasteiger partial charge in [-0.3, -0.25) is 0 Å². The summed E-state index contributed by atoms with van der Waals surface area (Å²) in [7, 11) is 0. The molecule has 272 valence electrons. The van der Waals surface area contributed by atoms with Crippen LogP contribution in [0.2, 0.25) is 0 Å². The minimum atomic E-state index is -0.872. The third-order valence-electron chi connectivity index (χ3n) is 11.6. The average Bonchev–Trinajstić information content (AvgIpc) is 3.60. The van der Waals surface area contributed by atoms with Gasteiger partial charge in [-0.2, -0.15) is 0 Å². The molecule has 0 aliphatic heterocycles. The molecule has 2 nitrogen and oxygen atoms in total. The second-order valence-corrected chi connectivity index (χ2v) is 16.3. The van der Waals surface area contributed by atoms with Crippen LogP contribution < -0.4 is 9.80 Å². The number of hydrogen-bond donors (Lipinski definition) is 0. The molecule has 7 aromatic rings. The van der Waals surface area contributed by atoms with Crippen LogP contribution in [0.5, 0.6) is 0 Å². The van der Waals surface area contributed by atoms with Gasteiger partial charge in [-0.25, -0.2) is 4.39 Å². The zero-order chi connectivity index (χ0) is 42.7. The van der Waals surface area contributed by atoms with Crippen molar-refractivity contribution < 1.29 is 11.2 Å². The van der Waals surface area contributed by atoms with Crippen LogP contribution in [0.1, 0.15) is 79.1 Å². The van der Waals surface area contributed by atoms with E-state index in [-0.39, 0.29) is 41.5 Å². The van der Waals surface area contributed by atoms with Crippen molar-refractivity contribution in [2.24, 2.45) is 0 Å². The molecule has 0 saturated carbocycles. The quantitative estimate of drug-likeness (QED) is 0.169. The molecule has 7 aromatic carbocycles. The maximum absolute atomic E-state index is 17.4. The first kappa shape index (κ1) is 29.4. The maximum Gasteiger partial charge on any atom is 0.133 e. The lowest BCUT2D eigenvalue weighted by Gasteiger charge is -2.28. The van der Waals surface area contributed by atoms with Crippen molar-refractivity contribution in [3.8, 4) is 22.3 Å². The Bertz CT molecular complexity index is 2610. The van der Waals surface area contributed by atoms with Crippen LogP contribution in [-0.2, 0) is 10.8 Å². The monoisotopic (exact) mass is 723 g/mol. The lowest BCUT2D eigenvalue weighted by atomic mass is 9.79. The summed E-state index contributed by atoms with van der Waals surface area (Å²) in [5.41, 5.74) is 11.0. The molecule has 9 rings (SSSR count). The topological polar surface area (TPSA) is 6.48 Å². The van der Waals surface area contributed by atoms with Gasteiger partial charge in [0.2, 0.25) is 0 Å². The molecule has 0 heterocycles. The normalized spacial score (nSPS) is 15.5. The Labute approximate surface area is 332 Å². The van der Waals surface area contributed by atoms with Gasteiger partial charge in [-0.05, 0) is 151 Å². The van der Waals surface area contributed by atoms with Gasteiger partial charge in [0.15, 0.2) is 0 Å². The van der Waals surface area contributed by atoms with Crippen LogP contribution in [0, 0.1) is 33.5 Å². The van der Waals surface area contributed by atoms with E-state index in [9.17, 15) is 6.85 Å². The molecule has 0 spiro atoms. The second-order valence-electron chi connectivity index (χ2n) is 16.3. The summed E-state index contributed by atoms with van der Waals surface area (Å²) in [4.78, 5) is 3.73. The number of hydrogen-bond acceptors (Lipinski definition) is 2. The Morgan fingerprint density at radius 3 is 1.27 bits per heavy atom. The van der Waals surface area contributed by atoms with Gasteiger partial charge in [0, 0.05) is 50.5 Å². The smallest absolute Gasteiger partial charge is 0.133 e. The first-order chi connectivity index (χ1) is 28.4. The molecule has 2 aliphatic rings. The number of halogens is 1. The summed E-state index contributed by atoms with van der Waals surface area (Å²) in [5.74, 6) is -0.690. The fourth-order valence-electron chi connectivity index (χ4n) is 8.41. The Kier molecular flexibility index (Phi) is 6.72. The minimum Gasteiger partial charge on any atom is -0.310 e. The first-order valence-corrected chi connectivity index (χ1v) is 19.0. The predicted octanol–water partition coefficient (Wildman–Crippen LogP) is 14.6. The molecule has 0 aromatic heterocycles. The standard InChI is InChI=1S/C52H47FN2/c1-32-9-17-36(18-10-32)54(37-19-11-33(2)12-20-37)40-25-26-42-43-30-47-44(31-46(43)51(5,6)45(42)27-40)50-48(52(47,7)8)28-41(29-49(50)53)55(38-21-13-34(3)14-22-38)39-23-15-35(4)16-24-39/h9-31H,1-8H3/i25D,26D,27D,28D,29D. The highest BCUT2D eigenvalue weighted by molar-refractivity contribution is 5.92. The lowest BCUT2D eigenvalue weighted by Crippen LogP contribution is -2.18.